The van der Waals surface area contributed by atoms with E-state index >= 15 is 0 Å². The molecule has 1 aromatic rings. The fraction of sp³-hybridized carbons (Fsp3) is 0.476. The zero-order valence-corrected chi connectivity index (χ0v) is 16.9. The lowest BCUT2D eigenvalue weighted by atomic mass is 9.87. The highest BCUT2D eigenvalue weighted by molar-refractivity contribution is 6.30. The molecular formula is C21H27ClN2O3. The maximum Gasteiger partial charge on any atom is 0.333 e. The highest BCUT2D eigenvalue weighted by Gasteiger charge is 2.37. The van der Waals surface area contributed by atoms with Crippen molar-refractivity contribution in [3.05, 3.63) is 57.9 Å². The normalized spacial score (nSPS) is 20.9. The van der Waals surface area contributed by atoms with Crippen LogP contribution in [0.4, 0.5) is 0 Å². The van der Waals surface area contributed by atoms with Gasteiger partial charge in [-0.3, -0.25) is 0 Å². The lowest BCUT2D eigenvalue weighted by molar-refractivity contribution is -0.133. The van der Waals surface area contributed by atoms with Gasteiger partial charge in [0.1, 0.15) is 5.82 Å². The van der Waals surface area contributed by atoms with Gasteiger partial charge < -0.3 is 19.6 Å². The van der Waals surface area contributed by atoms with Crippen LogP contribution in [0.25, 0.3) is 0 Å². The van der Waals surface area contributed by atoms with Crippen LogP contribution in [0.5, 0.6) is 0 Å². The molecule has 0 spiro atoms. The number of nitrogens with zero attached hydrogens (tertiary/aromatic N) is 2. The number of hydrogen-bond acceptors (Lipinski definition) is 4. The first-order valence-electron chi connectivity index (χ1n) is 9.38. The summed E-state index contributed by atoms with van der Waals surface area (Å²) in [6, 6.07) is 7.57. The average molecular weight is 391 g/mol. The number of hydrogen-bond donors (Lipinski definition) is 1. The third kappa shape index (κ3) is 4.30. The first-order chi connectivity index (χ1) is 12.9. The Morgan fingerprint density at radius 2 is 1.89 bits per heavy atom. The molecule has 2 heterocycles. The molecule has 0 aliphatic carbocycles. The molecule has 27 heavy (non-hydrogen) atoms. The van der Waals surface area contributed by atoms with Gasteiger partial charge in [0.2, 0.25) is 0 Å². The van der Waals surface area contributed by atoms with Crippen molar-refractivity contribution in [2.45, 2.75) is 33.4 Å². The first-order valence-corrected chi connectivity index (χ1v) is 9.76. The number of benzene rings is 1. The van der Waals surface area contributed by atoms with Gasteiger partial charge in [-0.1, -0.05) is 37.6 Å². The molecule has 0 aromatic heterocycles. The molecule has 1 aromatic carbocycles. The third-order valence-electron chi connectivity index (χ3n) is 5.16. The van der Waals surface area contributed by atoms with E-state index in [1.807, 2.05) is 37.3 Å². The van der Waals surface area contributed by atoms with Crippen molar-refractivity contribution >= 4 is 17.6 Å². The van der Waals surface area contributed by atoms with E-state index in [-0.39, 0.29) is 12.0 Å². The number of aliphatic carboxylic acids is 1. The standard InChI is InChI=1S/C21H27ClN2O3/c1-14(2)20-19(21(25)26)15(3)12-18(23-8-10-27-11-9-23)24(20)13-16-4-6-17(22)7-5-16/h4-7,12,14,20H,8-11,13H2,1-3H3,(H,25,26). The zero-order valence-electron chi connectivity index (χ0n) is 16.1. The molecule has 1 fully saturated rings. The number of halogens is 1. The number of rotatable bonds is 5. The summed E-state index contributed by atoms with van der Waals surface area (Å²) in [5.41, 5.74) is 2.42. The number of carboxylic acids is 1. The summed E-state index contributed by atoms with van der Waals surface area (Å²) in [4.78, 5) is 16.6. The van der Waals surface area contributed by atoms with Crippen LogP contribution < -0.4 is 0 Å². The quantitative estimate of drug-likeness (QED) is 0.829. The molecule has 0 radical (unpaired) electrons. The molecule has 1 unspecified atom stereocenters. The van der Waals surface area contributed by atoms with E-state index in [1.54, 1.807) is 0 Å². The fourth-order valence-corrected chi connectivity index (χ4v) is 4.03. The number of allylic oxidation sites excluding steroid dienone is 2. The summed E-state index contributed by atoms with van der Waals surface area (Å²) in [5.74, 6) is 0.391. The molecule has 0 bridgehead atoms. The topological polar surface area (TPSA) is 53.0 Å². The minimum atomic E-state index is -0.843. The smallest absolute Gasteiger partial charge is 0.333 e. The van der Waals surface area contributed by atoms with Crippen LogP contribution in [0.3, 0.4) is 0 Å². The molecule has 0 saturated carbocycles. The summed E-state index contributed by atoms with van der Waals surface area (Å²) in [6.45, 7) is 9.69. The lowest BCUT2D eigenvalue weighted by Gasteiger charge is -2.46. The summed E-state index contributed by atoms with van der Waals surface area (Å²) in [5, 5.41) is 10.6. The second-order valence-electron chi connectivity index (χ2n) is 7.45. The summed E-state index contributed by atoms with van der Waals surface area (Å²) < 4.78 is 5.51. The Balaban J connectivity index is 2.03. The van der Waals surface area contributed by atoms with E-state index in [2.05, 4.69) is 23.6 Å². The Hall–Kier alpha value is -1.98. The van der Waals surface area contributed by atoms with Crippen LogP contribution >= 0.6 is 11.6 Å². The van der Waals surface area contributed by atoms with Gasteiger partial charge in [-0.2, -0.15) is 0 Å². The van der Waals surface area contributed by atoms with Gasteiger partial charge in [0.05, 0.1) is 24.8 Å². The predicted molar refractivity (Wildman–Crippen MR) is 106 cm³/mol. The highest BCUT2D eigenvalue weighted by atomic mass is 35.5. The molecule has 2 aliphatic rings. The van der Waals surface area contributed by atoms with E-state index < -0.39 is 5.97 Å². The number of carbonyl (C=O) groups is 1. The minimum absolute atomic E-state index is 0.156. The molecular weight excluding hydrogens is 364 g/mol. The van der Waals surface area contributed by atoms with Crippen molar-refractivity contribution in [3.8, 4) is 0 Å². The van der Waals surface area contributed by atoms with Crippen molar-refractivity contribution in [2.75, 3.05) is 26.3 Å². The number of ether oxygens (including phenoxy) is 1. The molecule has 5 nitrogen and oxygen atoms in total. The van der Waals surface area contributed by atoms with E-state index in [4.69, 9.17) is 16.3 Å². The molecule has 1 atom stereocenters. The molecule has 6 heteroatoms. The van der Waals surface area contributed by atoms with E-state index in [1.165, 1.54) is 0 Å². The Morgan fingerprint density at radius 1 is 1.26 bits per heavy atom. The van der Waals surface area contributed by atoms with Crippen LogP contribution in [0.1, 0.15) is 26.3 Å². The van der Waals surface area contributed by atoms with Crippen molar-refractivity contribution in [1.29, 1.82) is 0 Å². The first kappa shape index (κ1) is 19.8. The molecule has 1 saturated heterocycles. The lowest BCUT2D eigenvalue weighted by Crippen LogP contribution is -2.50. The second-order valence-corrected chi connectivity index (χ2v) is 7.88. The average Bonchev–Trinajstić information content (AvgIpc) is 2.64. The van der Waals surface area contributed by atoms with Crippen LogP contribution in [0.15, 0.2) is 47.3 Å². The van der Waals surface area contributed by atoms with Crippen LogP contribution in [0, 0.1) is 5.92 Å². The minimum Gasteiger partial charge on any atom is -0.478 e. The molecule has 3 rings (SSSR count). The molecule has 0 amide bonds. The maximum atomic E-state index is 12.0. The van der Waals surface area contributed by atoms with Gasteiger partial charge in [-0.25, -0.2) is 4.79 Å². The Morgan fingerprint density at radius 3 is 2.44 bits per heavy atom. The van der Waals surface area contributed by atoms with E-state index in [9.17, 15) is 9.90 Å². The molecule has 2 aliphatic heterocycles. The van der Waals surface area contributed by atoms with Gasteiger partial charge in [0.25, 0.3) is 0 Å². The van der Waals surface area contributed by atoms with Crippen molar-refractivity contribution < 1.29 is 14.6 Å². The van der Waals surface area contributed by atoms with E-state index in [0.717, 1.165) is 30.0 Å². The van der Waals surface area contributed by atoms with Crippen LogP contribution in [-0.4, -0.2) is 53.2 Å². The second kappa shape index (κ2) is 8.36. The Kier molecular flexibility index (Phi) is 6.12. The number of morpholine rings is 1. The van der Waals surface area contributed by atoms with Gasteiger partial charge in [0, 0.05) is 24.7 Å². The molecule has 146 valence electrons. The summed E-state index contributed by atoms with van der Waals surface area (Å²) >= 11 is 6.04. The van der Waals surface area contributed by atoms with Crippen molar-refractivity contribution in [1.82, 2.24) is 9.80 Å². The van der Waals surface area contributed by atoms with Crippen molar-refractivity contribution in [2.24, 2.45) is 5.92 Å². The van der Waals surface area contributed by atoms with Gasteiger partial charge in [0.15, 0.2) is 0 Å². The predicted octanol–water partition coefficient (Wildman–Crippen LogP) is 3.75. The van der Waals surface area contributed by atoms with E-state index in [0.29, 0.717) is 30.4 Å². The van der Waals surface area contributed by atoms with Gasteiger partial charge in [-0.05, 0) is 42.2 Å². The zero-order chi connectivity index (χ0) is 19.6. The summed E-state index contributed by atoms with van der Waals surface area (Å²) in [7, 11) is 0. The maximum absolute atomic E-state index is 12.0. The van der Waals surface area contributed by atoms with Crippen LogP contribution in [-0.2, 0) is 16.1 Å². The van der Waals surface area contributed by atoms with Crippen LogP contribution in [0.2, 0.25) is 5.02 Å². The van der Waals surface area contributed by atoms with Gasteiger partial charge in [-0.15, -0.1) is 0 Å². The Bertz CT molecular complexity index is 749. The molecule has 1 N–H and O–H groups in total. The SMILES string of the molecule is CC1=C(C(=O)O)C(C(C)C)N(Cc2ccc(Cl)cc2)C(N2CCOCC2)=C1. The summed E-state index contributed by atoms with van der Waals surface area (Å²) in [6.07, 6.45) is 2.02. The third-order valence-corrected chi connectivity index (χ3v) is 5.41. The number of carboxylic acid groups (broad SMARTS) is 1. The Labute approximate surface area is 165 Å². The fourth-order valence-electron chi connectivity index (χ4n) is 3.91. The van der Waals surface area contributed by atoms with Gasteiger partial charge >= 0.3 is 5.97 Å². The van der Waals surface area contributed by atoms with Crippen molar-refractivity contribution in [3.63, 3.8) is 0 Å². The highest BCUT2D eigenvalue weighted by Crippen LogP contribution is 2.34. The monoisotopic (exact) mass is 390 g/mol. The largest absolute Gasteiger partial charge is 0.478 e.